The van der Waals surface area contributed by atoms with Gasteiger partial charge in [0.1, 0.15) is 11.5 Å². The molecule has 0 fully saturated rings. The zero-order valence-corrected chi connectivity index (χ0v) is 22.2. The molecule has 1 aromatic heterocycles. The first-order valence-electron chi connectivity index (χ1n) is 11.5. The van der Waals surface area contributed by atoms with Gasteiger partial charge in [-0.15, -0.1) is 0 Å². The van der Waals surface area contributed by atoms with Crippen molar-refractivity contribution < 1.29 is 28.7 Å². The first-order chi connectivity index (χ1) is 18.2. The third-order valence-corrected chi connectivity index (χ3v) is 6.95. The Morgan fingerprint density at radius 2 is 1.82 bits per heavy atom. The summed E-state index contributed by atoms with van der Waals surface area (Å²) in [5.41, 5.74) is 0.942. The number of nitro benzene ring substituents is 1. The molecule has 0 N–H and O–H groups in total. The minimum atomic E-state index is -0.801. The molecular formula is C26H25N3O8S. The molecule has 11 nitrogen and oxygen atoms in total. The molecule has 1 aliphatic rings. The molecule has 2 heterocycles. The summed E-state index contributed by atoms with van der Waals surface area (Å²) in [4.78, 5) is 42.7. The number of rotatable bonds is 8. The average Bonchev–Trinajstić information content (AvgIpc) is 3.21. The number of hydrogen-bond donors (Lipinski definition) is 0. The van der Waals surface area contributed by atoms with Crippen LogP contribution in [0.1, 0.15) is 31.0 Å². The zero-order valence-electron chi connectivity index (χ0n) is 21.3. The summed E-state index contributed by atoms with van der Waals surface area (Å²) in [5.74, 6) is 0.358. The fraction of sp³-hybridized carbons (Fsp3) is 0.269. The number of thiazole rings is 1. The molecular weight excluding hydrogens is 514 g/mol. The number of nitro groups is 1. The Balaban J connectivity index is 1.97. The van der Waals surface area contributed by atoms with Crippen molar-refractivity contribution in [2.75, 3.05) is 27.9 Å². The Labute approximate surface area is 221 Å². The van der Waals surface area contributed by atoms with Crippen LogP contribution < -0.4 is 29.1 Å². The maximum Gasteiger partial charge on any atom is 0.338 e. The van der Waals surface area contributed by atoms with E-state index in [4.69, 9.17) is 18.9 Å². The number of aromatic nitrogens is 1. The molecule has 0 radical (unpaired) electrons. The van der Waals surface area contributed by atoms with Crippen LogP contribution in [0.3, 0.4) is 0 Å². The predicted octanol–water partition coefficient (Wildman–Crippen LogP) is 2.73. The number of nitrogens with zero attached hydrogens (tertiary/aromatic N) is 3. The molecule has 198 valence electrons. The van der Waals surface area contributed by atoms with Gasteiger partial charge in [0, 0.05) is 17.7 Å². The van der Waals surface area contributed by atoms with Crippen LogP contribution in [0.2, 0.25) is 0 Å². The Morgan fingerprint density at radius 3 is 2.39 bits per heavy atom. The van der Waals surface area contributed by atoms with Gasteiger partial charge < -0.3 is 18.9 Å². The standard InChI is InChI=1S/C26H25N3O8S/c1-6-37-25(31)22-14(2)27-26-28(23(22)15-7-9-17(34-3)10-8-15)24(30)21(38-26)12-16-11-18(29(32)33)20(36-5)13-19(16)35-4/h7-13,23H,6H2,1-5H3. The van der Waals surface area contributed by atoms with E-state index in [-0.39, 0.29) is 33.9 Å². The van der Waals surface area contributed by atoms with Gasteiger partial charge in [-0.25, -0.2) is 9.79 Å². The number of benzene rings is 2. The van der Waals surface area contributed by atoms with E-state index in [2.05, 4.69) is 4.99 Å². The number of allylic oxidation sites excluding steroid dienone is 1. The van der Waals surface area contributed by atoms with Crippen molar-refractivity contribution in [1.29, 1.82) is 0 Å². The Kier molecular flexibility index (Phi) is 7.62. The first-order valence-corrected chi connectivity index (χ1v) is 12.3. The van der Waals surface area contributed by atoms with Crippen molar-refractivity contribution in [2.24, 2.45) is 4.99 Å². The lowest BCUT2D eigenvalue weighted by atomic mass is 9.96. The Hall–Kier alpha value is -4.45. The van der Waals surface area contributed by atoms with Crippen molar-refractivity contribution in [2.45, 2.75) is 19.9 Å². The van der Waals surface area contributed by atoms with Crippen LogP contribution >= 0.6 is 11.3 Å². The van der Waals surface area contributed by atoms with Crippen LogP contribution in [-0.2, 0) is 9.53 Å². The number of carbonyl (C=O) groups excluding carboxylic acids is 1. The summed E-state index contributed by atoms with van der Waals surface area (Å²) in [6, 6.07) is 8.90. The van der Waals surface area contributed by atoms with Gasteiger partial charge in [-0.1, -0.05) is 23.5 Å². The second-order valence-corrected chi connectivity index (χ2v) is 9.11. The Morgan fingerprint density at radius 1 is 1.13 bits per heavy atom. The summed E-state index contributed by atoms with van der Waals surface area (Å²) >= 11 is 1.10. The molecule has 12 heteroatoms. The summed E-state index contributed by atoms with van der Waals surface area (Å²) in [6.45, 7) is 3.55. The van der Waals surface area contributed by atoms with E-state index in [9.17, 15) is 19.7 Å². The molecule has 38 heavy (non-hydrogen) atoms. The average molecular weight is 540 g/mol. The lowest BCUT2D eigenvalue weighted by molar-refractivity contribution is -0.385. The summed E-state index contributed by atoms with van der Waals surface area (Å²) < 4.78 is 22.8. The van der Waals surface area contributed by atoms with E-state index in [1.807, 2.05) is 0 Å². The molecule has 3 aromatic rings. The second kappa shape index (κ2) is 10.9. The minimum absolute atomic E-state index is 0.0275. The number of carbonyl (C=O) groups is 1. The lowest BCUT2D eigenvalue weighted by Gasteiger charge is -2.24. The van der Waals surface area contributed by atoms with E-state index >= 15 is 0 Å². The molecule has 0 spiro atoms. The molecule has 0 bridgehead atoms. The van der Waals surface area contributed by atoms with Crippen LogP contribution in [0.4, 0.5) is 5.69 Å². The lowest BCUT2D eigenvalue weighted by Crippen LogP contribution is -2.39. The quantitative estimate of drug-likeness (QED) is 0.243. The van der Waals surface area contributed by atoms with Crippen LogP contribution in [0, 0.1) is 10.1 Å². The molecule has 0 aliphatic carbocycles. The van der Waals surface area contributed by atoms with Gasteiger partial charge in [0.25, 0.3) is 5.56 Å². The largest absolute Gasteiger partial charge is 0.497 e. The van der Waals surface area contributed by atoms with Crippen molar-refractivity contribution in [3.63, 3.8) is 0 Å². The van der Waals surface area contributed by atoms with Gasteiger partial charge in [-0.3, -0.25) is 19.5 Å². The topological polar surface area (TPSA) is 131 Å². The van der Waals surface area contributed by atoms with Crippen molar-refractivity contribution in [3.05, 3.63) is 88.6 Å². The number of methoxy groups -OCH3 is 3. The monoisotopic (exact) mass is 539 g/mol. The van der Waals surface area contributed by atoms with Gasteiger partial charge in [0.2, 0.25) is 5.75 Å². The van der Waals surface area contributed by atoms with E-state index in [1.54, 1.807) is 45.2 Å². The predicted molar refractivity (Wildman–Crippen MR) is 140 cm³/mol. The van der Waals surface area contributed by atoms with Gasteiger partial charge >= 0.3 is 11.7 Å². The number of ether oxygens (including phenoxy) is 4. The second-order valence-electron chi connectivity index (χ2n) is 8.10. The van der Waals surface area contributed by atoms with Gasteiger partial charge in [0.15, 0.2) is 4.80 Å². The highest BCUT2D eigenvalue weighted by Crippen LogP contribution is 2.35. The van der Waals surface area contributed by atoms with Crippen molar-refractivity contribution in [3.8, 4) is 17.2 Å². The van der Waals surface area contributed by atoms with Crippen LogP contribution in [-0.4, -0.2) is 43.4 Å². The maximum absolute atomic E-state index is 13.8. The van der Waals surface area contributed by atoms with E-state index in [1.165, 1.54) is 37.0 Å². The van der Waals surface area contributed by atoms with E-state index in [0.717, 1.165) is 11.3 Å². The number of fused-ring (bicyclic) bond motifs is 1. The fourth-order valence-electron chi connectivity index (χ4n) is 4.20. The minimum Gasteiger partial charge on any atom is -0.497 e. The van der Waals surface area contributed by atoms with Crippen molar-refractivity contribution in [1.82, 2.24) is 4.57 Å². The highest BCUT2D eigenvalue weighted by molar-refractivity contribution is 7.07. The summed E-state index contributed by atoms with van der Waals surface area (Å²) in [5, 5.41) is 11.6. The van der Waals surface area contributed by atoms with Gasteiger partial charge in [-0.2, -0.15) is 0 Å². The fourth-order valence-corrected chi connectivity index (χ4v) is 5.23. The smallest absolute Gasteiger partial charge is 0.338 e. The molecule has 1 unspecified atom stereocenters. The Bertz CT molecular complexity index is 1620. The highest BCUT2D eigenvalue weighted by atomic mass is 32.1. The van der Waals surface area contributed by atoms with E-state index in [0.29, 0.717) is 27.4 Å². The molecule has 4 rings (SSSR count). The zero-order chi connectivity index (χ0) is 27.6. The summed E-state index contributed by atoms with van der Waals surface area (Å²) in [6.07, 6.45) is 1.50. The SMILES string of the molecule is CCOC(=O)C1=C(C)N=c2sc(=Cc3cc([N+](=O)[O-])c(OC)cc3OC)c(=O)n2C1c1ccc(OC)cc1. The third-order valence-electron chi connectivity index (χ3n) is 5.96. The van der Waals surface area contributed by atoms with Gasteiger partial charge in [0.05, 0.1) is 54.7 Å². The van der Waals surface area contributed by atoms with Crippen LogP contribution in [0.15, 0.2) is 57.5 Å². The van der Waals surface area contributed by atoms with Gasteiger partial charge in [-0.05, 0) is 37.6 Å². The first kappa shape index (κ1) is 26.6. The van der Waals surface area contributed by atoms with Crippen LogP contribution in [0.25, 0.3) is 6.08 Å². The highest BCUT2D eigenvalue weighted by Gasteiger charge is 2.33. The maximum atomic E-state index is 13.8. The third kappa shape index (κ3) is 4.77. The summed E-state index contributed by atoms with van der Waals surface area (Å²) in [7, 11) is 4.28. The number of esters is 1. The molecule has 1 aliphatic heterocycles. The normalized spacial score (nSPS) is 15.0. The van der Waals surface area contributed by atoms with Crippen LogP contribution in [0.5, 0.6) is 17.2 Å². The van der Waals surface area contributed by atoms with Crippen molar-refractivity contribution >= 4 is 29.1 Å². The molecule has 1 atom stereocenters. The number of hydrogen-bond acceptors (Lipinski definition) is 10. The molecule has 0 saturated heterocycles. The molecule has 2 aromatic carbocycles. The van der Waals surface area contributed by atoms with E-state index < -0.39 is 22.5 Å². The molecule has 0 saturated carbocycles. The molecule has 0 amide bonds.